The predicted octanol–water partition coefficient (Wildman–Crippen LogP) is 4.46. The minimum absolute atomic E-state index is 0.117. The van der Waals surface area contributed by atoms with Crippen molar-refractivity contribution in [2.45, 2.75) is 50.7 Å². The van der Waals surface area contributed by atoms with Gasteiger partial charge in [-0.2, -0.15) is 4.31 Å². The first-order valence-corrected chi connectivity index (χ1v) is 13.7. The van der Waals surface area contributed by atoms with Gasteiger partial charge in [0.1, 0.15) is 22.5 Å². The maximum Gasteiger partial charge on any atom is 0.306 e. The SMILES string of the molecule is CCOC(=O)CC(c1cncc(OC)c1)c1ccc(C)c(CN2CC(C)Oc3ccccc3S2(=O)=O)c1. The number of rotatable bonds is 8. The summed E-state index contributed by atoms with van der Waals surface area (Å²) in [5.74, 6) is 0.282. The molecule has 0 N–H and O–H groups in total. The van der Waals surface area contributed by atoms with Crippen molar-refractivity contribution in [2.75, 3.05) is 20.3 Å². The number of hydrogen-bond donors (Lipinski definition) is 0. The number of benzene rings is 2. The molecule has 0 spiro atoms. The molecule has 2 aromatic carbocycles. The van der Waals surface area contributed by atoms with E-state index in [1.165, 1.54) is 4.31 Å². The molecule has 0 bridgehead atoms. The molecule has 2 unspecified atom stereocenters. The molecule has 1 aliphatic rings. The summed E-state index contributed by atoms with van der Waals surface area (Å²) in [4.78, 5) is 17.0. The molecule has 196 valence electrons. The van der Waals surface area contributed by atoms with Gasteiger partial charge in [0, 0.05) is 18.7 Å². The fourth-order valence-electron chi connectivity index (χ4n) is 4.51. The first-order chi connectivity index (χ1) is 17.7. The number of nitrogens with zero attached hydrogens (tertiary/aromatic N) is 2. The van der Waals surface area contributed by atoms with Crippen LogP contribution in [0.3, 0.4) is 0 Å². The number of methoxy groups -OCH3 is 1. The van der Waals surface area contributed by atoms with E-state index < -0.39 is 10.0 Å². The van der Waals surface area contributed by atoms with E-state index in [-0.39, 0.29) is 49.0 Å². The van der Waals surface area contributed by atoms with Crippen LogP contribution in [0.2, 0.25) is 0 Å². The molecule has 0 saturated heterocycles. The van der Waals surface area contributed by atoms with Crippen LogP contribution in [0.4, 0.5) is 0 Å². The van der Waals surface area contributed by atoms with Crippen molar-refractivity contribution in [2.24, 2.45) is 0 Å². The zero-order chi connectivity index (χ0) is 26.6. The topological polar surface area (TPSA) is 95.0 Å². The van der Waals surface area contributed by atoms with E-state index in [1.807, 2.05) is 38.1 Å². The van der Waals surface area contributed by atoms with Gasteiger partial charge in [0.2, 0.25) is 10.0 Å². The highest BCUT2D eigenvalue weighted by Crippen LogP contribution is 2.34. The molecule has 8 nitrogen and oxygen atoms in total. The molecule has 0 amide bonds. The van der Waals surface area contributed by atoms with Crippen molar-refractivity contribution in [1.82, 2.24) is 9.29 Å². The Morgan fingerprint density at radius 2 is 1.95 bits per heavy atom. The highest BCUT2D eigenvalue weighted by molar-refractivity contribution is 7.89. The van der Waals surface area contributed by atoms with Crippen molar-refractivity contribution < 1.29 is 27.4 Å². The molecule has 9 heteroatoms. The van der Waals surface area contributed by atoms with E-state index in [4.69, 9.17) is 14.2 Å². The standard InChI is InChI=1S/C28H32N2O6S/c1-5-35-28(31)14-25(22-13-24(34-4)16-29-15-22)21-11-10-19(2)23(12-21)18-30-17-20(3)36-26-8-6-7-9-27(26)37(30,32)33/h6-13,15-16,20,25H,5,14,17-18H2,1-4H3. The van der Waals surface area contributed by atoms with Gasteiger partial charge in [-0.25, -0.2) is 8.42 Å². The normalized spacial score (nSPS) is 17.7. The summed E-state index contributed by atoms with van der Waals surface area (Å²) < 4.78 is 45.1. The lowest BCUT2D eigenvalue weighted by molar-refractivity contribution is -0.143. The molecule has 1 aliphatic heterocycles. The lowest BCUT2D eigenvalue weighted by Crippen LogP contribution is -2.35. The van der Waals surface area contributed by atoms with Gasteiger partial charge in [0.05, 0.1) is 32.9 Å². The van der Waals surface area contributed by atoms with Gasteiger partial charge in [-0.3, -0.25) is 9.78 Å². The third kappa shape index (κ3) is 5.94. The minimum Gasteiger partial charge on any atom is -0.495 e. The summed E-state index contributed by atoms with van der Waals surface area (Å²) in [6.45, 7) is 6.26. The Kier molecular flexibility index (Phi) is 8.14. The number of aromatic nitrogens is 1. The number of carbonyl (C=O) groups excluding carboxylic acids is 1. The number of hydrogen-bond acceptors (Lipinski definition) is 7. The van der Waals surface area contributed by atoms with Crippen LogP contribution in [0.5, 0.6) is 11.5 Å². The predicted molar refractivity (Wildman–Crippen MR) is 139 cm³/mol. The lowest BCUT2D eigenvalue weighted by atomic mass is 9.87. The van der Waals surface area contributed by atoms with E-state index in [1.54, 1.807) is 50.7 Å². The average Bonchev–Trinajstić information content (AvgIpc) is 2.97. The third-order valence-corrected chi connectivity index (χ3v) is 8.28. The summed E-state index contributed by atoms with van der Waals surface area (Å²) in [7, 11) is -2.22. The first-order valence-electron chi connectivity index (χ1n) is 12.2. The van der Waals surface area contributed by atoms with Crippen molar-refractivity contribution in [3.63, 3.8) is 0 Å². The first kappa shape index (κ1) is 26.6. The Balaban J connectivity index is 1.72. The second-order valence-corrected chi connectivity index (χ2v) is 11.0. The molecule has 0 aliphatic carbocycles. The summed E-state index contributed by atoms with van der Waals surface area (Å²) in [6, 6.07) is 14.4. The van der Waals surface area contributed by atoms with Crippen LogP contribution < -0.4 is 9.47 Å². The van der Waals surface area contributed by atoms with E-state index in [0.717, 1.165) is 22.3 Å². The van der Waals surface area contributed by atoms with Gasteiger partial charge in [0.15, 0.2) is 0 Å². The van der Waals surface area contributed by atoms with E-state index in [0.29, 0.717) is 11.5 Å². The largest absolute Gasteiger partial charge is 0.495 e. The fraction of sp³-hybridized carbons (Fsp3) is 0.357. The Morgan fingerprint density at radius 3 is 2.70 bits per heavy atom. The maximum absolute atomic E-state index is 13.6. The third-order valence-electron chi connectivity index (χ3n) is 6.43. The zero-order valence-corrected chi connectivity index (χ0v) is 22.3. The quantitative estimate of drug-likeness (QED) is 0.402. The van der Waals surface area contributed by atoms with Gasteiger partial charge < -0.3 is 14.2 Å². The van der Waals surface area contributed by atoms with Crippen molar-refractivity contribution in [3.05, 3.63) is 83.2 Å². The minimum atomic E-state index is -3.78. The van der Waals surface area contributed by atoms with Gasteiger partial charge in [-0.05, 0) is 61.2 Å². The van der Waals surface area contributed by atoms with E-state index in [2.05, 4.69) is 4.98 Å². The van der Waals surface area contributed by atoms with Crippen LogP contribution in [-0.2, 0) is 26.1 Å². The smallest absolute Gasteiger partial charge is 0.306 e. The Morgan fingerprint density at radius 1 is 1.16 bits per heavy atom. The van der Waals surface area contributed by atoms with Crippen LogP contribution in [-0.4, -0.2) is 50.0 Å². The number of pyridine rings is 1. The second kappa shape index (κ2) is 11.3. The summed E-state index contributed by atoms with van der Waals surface area (Å²) >= 11 is 0. The number of fused-ring (bicyclic) bond motifs is 1. The number of esters is 1. The summed E-state index contributed by atoms with van der Waals surface area (Å²) in [5.41, 5.74) is 3.46. The molecule has 0 radical (unpaired) electrons. The van der Waals surface area contributed by atoms with Gasteiger partial charge in [-0.1, -0.05) is 30.3 Å². The Hall–Kier alpha value is -3.43. The number of para-hydroxylation sites is 1. The van der Waals surface area contributed by atoms with Crippen LogP contribution >= 0.6 is 0 Å². The molecule has 0 fully saturated rings. The average molecular weight is 525 g/mol. The van der Waals surface area contributed by atoms with Crippen LogP contribution in [0.1, 0.15) is 48.4 Å². The lowest BCUT2D eigenvalue weighted by Gasteiger charge is -2.24. The molecule has 4 rings (SSSR count). The molecule has 1 aromatic heterocycles. The van der Waals surface area contributed by atoms with Gasteiger partial charge in [-0.15, -0.1) is 0 Å². The molecule has 37 heavy (non-hydrogen) atoms. The zero-order valence-electron chi connectivity index (χ0n) is 21.5. The fourth-order valence-corrected chi connectivity index (χ4v) is 6.12. The molecule has 3 aromatic rings. The Bertz CT molecular complexity index is 1370. The number of ether oxygens (including phenoxy) is 3. The van der Waals surface area contributed by atoms with Crippen molar-refractivity contribution in [1.29, 1.82) is 0 Å². The van der Waals surface area contributed by atoms with Crippen molar-refractivity contribution in [3.8, 4) is 11.5 Å². The highest BCUT2D eigenvalue weighted by atomic mass is 32.2. The maximum atomic E-state index is 13.6. The van der Waals surface area contributed by atoms with E-state index >= 15 is 0 Å². The molecule has 0 saturated carbocycles. The molecular weight excluding hydrogens is 492 g/mol. The van der Waals surface area contributed by atoms with E-state index in [9.17, 15) is 13.2 Å². The van der Waals surface area contributed by atoms with Crippen LogP contribution in [0, 0.1) is 6.92 Å². The van der Waals surface area contributed by atoms with Crippen molar-refractivity contribution >= 4 is 16.0 Å². The second-order valence-electron chi connectivity index (χ2n) is 9.08. The van der Waals surface area contributed by atoms with Gasteiger partial charge >= 0.3 is 5.97 Å². The number of aryl methyl sites for hydroxylation is 1. The molecule has 2 atom stereocenters. The van der Waals surface area contributed by atoms with Gasteiger partial charge in [0.25, 0.3) is 0 Å². The summed E-state index contributed by atoms with van der Waals surface area (Å²) in [6.07, 6.45) is 3.12. The Labute approximate surface area is 218 Å². The summed E-state index contributed by atoms with van der Waals surface area (Å²) in [5, 5.41) is 0. The molecular formula is C28H32N2O6S. The van der Waals surface area contributed by atoms with Crippen LogP contribution in [0.15, 0.2) is 65.8 Å². The number of sulfonamides is 1. The highest BCUT2D eigenvalue weighted by Gasteiger charge is 2.33. The molecule has 2 heterocycles. The number of carbonyl (C=O) groups is 1. The monoisotopic (exact) mass is 524 g/mol. The van der Waals surface area contributed by atoms with Crippen LogP contribution in [0.25, 0.3) is 0 Å².